The highest BCUT2D eigenvalue weighted by molar-refractivity contribution is 9.10. The minimum Gasteiger partial charge on any atom is -0.411 e. The fraction of sp³-hybridized carbons (Fsp3) is 0.222. The van der Waals surface area contributed by atoms with E-state index in [4.69, 9.17) is 9.94 Å². The van der Waals surface area contributed by atoms with Crippen LogP contribution in [0.5, 0.6) is 0 Å². The average molecular weight is 244 g/mol. The number of hydrogen-bond donors (Lipinski definition) is 1. The number of benzene rings is 1. The third-order valence-electron chi connectivity index (χ3n) is 1.43. The molecule has 0 bridgehead atoms. The third kappa shape index (κ3) is 4.05. The fourth-order valence-corrected chi connectivity index (χ4v) is 1.34. The zero-order valence-corrected chi connectivity index (χ0v) is 8.57. The van der Waals surface area contributed by atoms with E-state index in [2.05, 4.69) is 21.1 Å². The molecule has 3 nitrogen and oxygen atoms in total. The topological polar surface area (TPSA) is 41.8 Å². The largest absolute Gasteiger partial charge is 0.411 e. The first-order valence-electron chi connectivity index (χ1n) is 3.81. The summed E-state index contributed by atoms with van der Waals surface area (Å²) in [6, 6.07) is 7.86. The van der Waals surface area contributed by atoms with Gasteiger partial charge < -0.3 is 9.94 Å². The highest BCUT2D eigenvalue weighted by atomic mass is 79.9. The molecule has 1 aromatic carbocycles. The van der Waals surface area contributed by atoms with Crippen molar-refractivity contribution in [3.63, 3.8) is 0 Å². The molecule has 70 valence electrons. The van der Waals surface area contributed by atoms with Crippen molar-refractivity contribution in [2.24, 2.45) is 5.16 Å². The molecular weight excluding hydrogens is 234 g/mol. The van der Waals surface area contributed by atoms with Gasteiger partial charge in [-0.15, -0.1) is 0 Å². The summed E-state index contributed by atoms with van der Waals surface area (Å²) in [6.07, 6.45) is 1.30. The van der Waals surface area contributed by atoms with Crippen LogP contribution in [0, 0.1) is 0 Å². The molecule has 0 amide bonds. The fourth-order valence-electron chi connectivity index (χ4n) is 0.890. The van der Waals surface area contributed by atoms with Gasteiger partial charge in [-0.05, 0) is 17.7 Å². The van der Waals surface area contributed by atoms with Crippen molar-refractivity contribution in [2.75, 3.05) is 6.61 Å². The molecule has 13 heavy (non-hydrogen) atoms. The standard InChI is InChI=1S/C9H10BrNO2/c10-9-3-1-2-8(6-9)7-13-5-4-11-12/h1-4,6,12H,5,7H2. The molecule has 1 rings (SSSR count). The second kappa shape index (κ2) is 5.72. The molecule has 0 fully saturated rings. The first-order chi connectivity index (χ1) is 6.33. The summed E-state index contributed by atoms with van der Waals surface area (Å²) in [6.45, 7) is 0.842. The Morgan fingerprint density at radius 1 is 1.54 bits per heavy atom. The number of ether oxygens (including phenoxy) is 1. The lowest BCUT2D eigenvalue weighted by Gasteiger charge is -2.00. The Balaban J connectivity index is 2.36. The van der Waals surface area contributed by atoms with E-state index in [-0.39, 0.29) is 0 Å². The highest BCUT2D eigenvalue weighted by Gasteiger charge is 1.92. The normalized spacial score (nSPS) is 10.8. The number of nitrogens with zero attached hydrogens (tertiary/aromatic N) is 1. The molecule has 0 aromatic heterocycles. The SMILES string of the molecule is ON=CCOCc1cccc(Br)c1. The predicted octanol–water partition coefficient (Wildman–Crippen LogP) is 2.43. The van der Waals surface area contributed by atoms with Gasteiger partial charge in [-0.3, -0.25) is 0 Å². The van der Waals surface area contributed by atoms with Crippen LogP contribution < -0.4 is 0 Å². The van der Waals surface area contributed by atoms with Gasteiger partial charge in [0.25, 0.3) is 0 Å². The number of rotatable bonds is 4. The Morgan fingerprint density at radius 2 is 2.38 bits per heavy atom. The molecule has 4 heteroatoms. The Bertz CT molecular complexity index is 289. The number of oxime groups is 1. The van der Waals surface area contributed by atoms with Gasteiger partial charge in [-0.2, -0.15) is 0 Å². The third-order valence-corrected chi connectivity index (χ3v) is 1.93. The van der Waals surface area contributed by atoms with Crippen LogP contribution >= 0.6 is 15.9 Å². The van der Waals surface area contributed by atoms with Crippen LogP contribution in [0.25, 0.3) is 0 Å². The summed E-state index contributed by atoms with van der Waals surface area (Å²) in [4.78, 5) is 0. The Labute approximate surface area is 85.2 Å². The predicted molar refractivity (Wildman–Crippen MR) is 54.1 cm³/mol. The first kappa shape index (κ1) is 10.2. The molecule has 0 heterocycles. The molecule has 0 saturated heterocycles. The van der Waals surface area contributed by atoms with Crippen LogP contribution in [0.4, 0.5) is 0 Å². The van der Waals surface area contributed by atoms with Gasteiger partial charge in [-0.1, -0.05) is 33.2 Å². The second-order valence-electron chi connectivity index (χ2n) is 2.44. The summed E-state index contributed by atoms with van der Waals surface area (Å²) in [7, 11) is 0. The lowest BCUT2D eigenvalue weighted by Crippen LogP contribution is -1.95. The zero-order valence-electron chi connectivity index (χ0n) is 6.98. The van der Waals surface area contributed by atoms with Crippen LogP contribution in [0.3, 0.4) is 0 Å². The summed E-state index contributed by atoms with van der Waals surface area (Å²) in [5, 5.41) is 10.9. The number of halogens is 1. The van der Waals surface area contributed by atoms with Crippen LogP contribution in [-0.2, 0) is 11.3 Å². The Hall–Kier alpha value is -0.870. The van der Waals surface area contributed by atoms with E-state index >= 15 is 0 Å². The zero-order chi connectivity index (χ0) is 9.52. The molecular formula is C9H10BrNO2. The molecule has 0 aliphatic carbocycles. The van der Waals surface area contributed by atoms with E-state index in [0.29, 0.717) is 13.2 Å². The molecule has 0 unspecified atom stereocenters. The van der Waals surface area contributed by atoms with Crippen molar-refractivity contribution in [3.8, 4) is 0 Å². The van der Waals surface area contributed by atoms with Crippen molar-refractivity contribution in [3.05, 3.63) is 34.3 Å². The lowest BCUT2D eigenvalue weighted by molar-refractivity contribution is 0.158. The highest BCUT2D eigenvalue weighted by Crippen LogP contribution is 2.11. The van der Waals surface area contributed by atoms with Gasteiger partial charge in [0.05, 0.1) is 19.4 Å². The van der Waals surface area contributed by atoms with Crippen molar-refractivity contribution >= 4 is 22.1 Å². The second-order valence-corrected chi connectivity index (χ2v) is 3.36. The van der Waals surface area contributed by atoms with Crippen molar-refractivity contribution in [1.82, 2.24) is 0 Å². The van der Waals surface area contributed by atoms with Gasteiger partial charge >= 0.3 is 0 Å². The van der Waals surface area contributed by atoms with Gasteiger partial charge in [0.15, 0.2) is 0 Å². The van der Waals surface area contributed by atoms with E-state index in [9.17, 15) is 0 Å². The van der Waals surface area contributed by atoms with E-state index in [1.807, 2.05) is 24.3 Å². The number of hydrogen-bond acceptors (Lipinski definition) is 3. The minimum absolute atomic E-state index is 0.322. The first-order valence-corrected chi connectivity index (χ1v) is 4.60. The Kier molecular flexibility index (Phi) is 4.49. The molecule has 0 radical (unpaired) electrons. The van der Waals surface area contributed by atoms with Gasteiger partial charge in [-0.25, -0.2) is 0 Å². The summed E-state index contributed by atoms with van der Waals surface area (Å²) in [5.41, 5.74) is 1.08. The van der Waals surface area contributed by atoms with Crippen LogP contribution in [0.15, 0.2) is 33.9 Å². The van der Waals surface area contributed by atoms with Gasteiger partial charge in [0, 0.05) is 4.47 Å². The van der Waals surface area contributed by atoms with Crippen LogP contribution in [0.2, 0.25) is 0 Å². The van der Waals surface area contributed by atoms with Gasteiger partial charge in [0.1, 0.15) is 0 Å². The van der Waals surface area contributed by atoms with E-state index < -0.39 is 0 Å². The Morgan fingerprint density at radius 3 is 3.08 bits per heavy atom. The maximum Gasteiger partial charge on any atom is 0.0856 e. The maximum absolute atomic E-state index is 8.09. The lowest BCUT2D eigenvalue weighted by atomic mass is 10.2. The molecule has 1 N–H and O–H groups in total. The molecule has 0 spiro atoms. The molecule has 1 aromatic rings. The minimum atomic E-state index is 0.322. The molecule has 0 aliphatic heterocycles. The van der Waals surface area contributed by atoms with Crippen molar-refractivity contribution < 1.29 is 9.94 Å². The van der Waals surface area contributed by atoms with E-state index in [1.54, 1.807) is 0 Å². The van der Waals surface area contributed by atoms with Crippen molar-refractivity contribution in [2.45, 2.75) is 6.61 Å². The summed E-state index contributed by atoms with van der Waals surface area (Å²) in [5.74, 6) is 0. The summed E-state index contributed by atoms with van der Waals surface area (Å²) < 4.78 is 6.22. The van der Waals surface area contributed by atoms with Crippen LogP contribution in [-0.4, -0.2) is 18.0 Å². The van der Waals surface area contributed by atoms with Gasteiger partial charge in [0.2, 0.25) is 0 Å². The quantitative estimate of drug-likeness (QED) is 0.382. The molecule has 0 aliphatic rings. The van der Waals surface area contributed by atoms with E-state index in [0.717, 1.165) is 10.0 Å². The van der Waals surface area contributed by atoms with Crippen molar-refractivity contribution in [1.29, 1.82) is 0 Å². The smallest absolute Gasteiger partial charge is 0.0856 e. The molecule has 0 saturated carbocycles. The average Bonchev–Trinajstić information content (AvgIpc) is 2.13. The molecule has 0 atom stereocenters. The summed E-state index contributed by atoms with van der Waals surface area (Å²) >= 11 is 3.36. The maximum atomic E-state index is 8.09. The van der Waals surface area contributed by atoms with Crippen LogP contribution in [0.1, 0.15) is 5.56 Å². The monoisotopic (exact) mass is 243 g/mol. The van der Waals surface area contributed by atoms with E-state index in [1.165, 1.54) is 6.21 Å².